The average Bonchev–Trinajstić information content (AvgIpc) is 3.56. The average molecular weight is 436 g/mol. The van der Waals surface area contributed by atoms with Gasteiger partial charge >= 0.3 is 0 Å². The van der Waals surface area contributed by atoms with E-state index in [2.05, 4.69) is 20.8 Å². The summed E-state index contributed by atoms with van der Waals surface area (Å²) >= 11 is 0. The predicted molar refractivity (Wildman–Crippen MR) is 142 cm³/mol. The molecule has 1 fully saturated rings. The first-order chi connectivity index (χ1) is 15.1. The highest BCUT2D eigenvalue weighted by Crippen LogP contribution is 2.59. The van der Waals surface area contributed by atoms with Crippen LogP contribution >= 0.6 is 0 Å². The van der Waals surface area contributed by atoms with Crippen LogP contribution in [0.4, 0.5) is 0 Å². The molecule has 0 spiro atoms. The predicted octanol–water partition coefficient (Wildman–Crippen LogP) is 10.5. The largest absolute Gasteiger partial charge is 0.325 e. The Morgan fingerprint density at radius 1 is 0.484 bits per heavy atom. The van der Waals surface area contributed by atoms with E-state index in [1.54, 1.807) is 0 Å². The van der Waals surface area contributed by atoms with Crippen molar-refractivity contribution in [3.8, 4) is 0 Å². The second-order valence-corrected chi connectivity index (χ2v) is 11.2. The van der Waals surface area contributed by atoms with Crippen molar-refractivity contribution in [2.45, 2.75) is 187 Å². The van der Waals surface area contributed by atoms with E-state index in [-0.39, 0.29) is 5.54 Å². The molecule has 0 saturated heterocycles. The summed E-state index contributed by atoms with van der Waals surface area (Å²) in [6, 6.07) is 0. The first-order valence-electron chi connectivity index (χ1n) is 14.9. The lowest BCUT2D eigenvalue weighted by Gasteiger charge is -2.39. The molecule has 1 aliphatic rings. The van der Waals surface area contributed by atoms with Crippen LogP contribution in [-0.4, -0.2) is 5.54 Å². The maximum Gasteiger partial charge on any atom is 0.0211 e. The van der Waals surface area contributed by atoms with Crippen molar-refractivity contribution in [1.29, 1.82) is 0 Å². The molecule has 0 aromatic carbocycles. The minimum Gasteiger partial charge on any atom is -0.325 e. The Kier molecular flexibility index (Phi) is 17.2. The van der Waals surface area contributed by atoms with Crippen LogP contribution in [0.25, 0.3) is 0 Å². The van der Waals surface area contributed by atoms with E-state index in [1.165, 1.54) is 161 Å². The SMILES string of the molecule is CCCCCCCCCCCC(N)(CCCCCCC)C1(CCCCCCCC)CC1. The molecule has 31 heavy (non-hydrogen) atoms. The van der Waals surface area contributed by atoms with Gasteiger partial charge in [-0.05, 0) is 37.5 Å². The van der Waals surface area contributed by atoms with E-state index in [9.17, 15) is 0 Å². The van der Waals surface area contributed by atoms with E-state index in [0.29, 0.717) is 5.41 Å². The number of unbranched alkanes of at least 4 members (excludes halogenated alkanes) is 17. The molecule has 2 N–H and O–H groups in total. The maximum atomic E-state index is 7.31. The highest BCUT2D eigenvalue weighted by molar-refractivity contribution is 5.10. The van der Waals surface area contributed by atoms with Crippen molar-refractivity contribution < 1.29 is 0 Å². The molecule has 0 heterocycles. The third kappa shape index (κ3) is 12.7. The van der Waals surface area contributed by atoms with Crippen LogP contribution in [0.5, 0.6) is 0 Å². The van der Waals surface area contributed by atoms with Crippen LogP contribution in [-0.2, 0) is 0 Å². The summed E-state index contributed by atoms with van der Waals surface area (Å²) in [4.78, 5) is 0. The number of nitrogens with two attached hydrogens (primary N) is 1. The second kappa shape index (κ2) is 18.4. The molecule has 1 atom stereocenters. The third-order valence-electron chi connectivity index (χ3n) is 8.37. The van der Waals surface area contributed by atoms with Gasteiger partial charge in [0, 0.05) is 5.54 Å². The molecule has 1 rings (SSSR count). The van der Waals surface area contributed by atoms with Crippen LogP contribution in [0.1, 0.15) is 181 Å². The zero-order valence-electron chi connectivity index (χ0n) is 22.3. The molecule has 0 radical (unpaired) electrons. The monoisotopic (exact) mass is 435 g/mol. The van der Waals surface area contributed by atoms with Gasteiger partial charge in [0.2, 0.25) is 0 Å². The Bertz CT molecular complexity index is 386. The summed E-state index contributed by atoms with van der Waals surface area (Å²) in [6.07, 6.45) is 35.1. The van der Waals surface area contributed by atoms with Gasteiger partial charge in [-0.25, -0.2) is 0 Å². The molecular formula is C30H61N. The van der Waals surface area contributed by atoms with Gasteiger partial charge in [-0.15, -0.1) is 0 Å². The summed E-state index contributed by atoms with van der Waals surface area (Å²) in [5.74, 6) is 0. The molecular weight excluding hydrogens is 374 g/mol. The zero-order valence-corrected chi connectivity index (χ0v) is 22.3. The minimum absolute atomic E-state index is 0.143. The van der Waals surface area contributed by atoms with Crippen LogP contribution in [0.3, 0.4) is 0 Å². The molecule has 1 heteroatoms. The number of rotatable bonds is 24. The summed E-state index contributed by atoms with van der Waals surface area (Å²) < 4.78 is 0. The highest BCUT2D eigenvalue weighted by atomic mass is 14.8. The Morgan fingerprint density at radius 2 is 0.806 bits per heavy atom. The van der Waals surface area contributed by atoms with Crippen LogP contribution in [0.15, 0.2) is 0 Å². The maximum absolute atomic E-state index is 7.31. The van der Waals surface area contributed by atoms with E-state index in [4.69, 9.17) is 5.73 Å². The van der Waals surface area contributed by atoms with Gasteiger partial charge in [0.1, 0.15) is 0 Å². The molecule has 0 bridgehead atoms. The zero-order chi connectivity index (χ0) is 22.7. The summed E-state index contributed by atoms with van der Waals surface area (Å²) in [5.41, 5.74) is 7.97. The molecule has 1 nitrogen and oxygen atoms in total. The Labute approximate surface area is 198 Å². The quantitative estimate of drug-likeness (QED) is 0.150. The lowest BCUT2D eigenvalue weighted by molar-refractivity contribution is 0.182. The van der Waals surface area contributed by atoms with Gasteiger partial charge in [0.05, 0.1) is 0 Å². The van der Waals surface area contributed by atoms with E-state index in [1.807, 2.05) is 0 Å². The number of hydrogen-bond acceptors (Lipinski definition) is 1. The van der Waals surface area contributed by atoms with Crippen LogP contribution in [0.2, 0.25) is 0 Å². The van der Waals surface area contributed by atoms with E-state index >= 15 is 0 Å². The van der Waals surface area contributed by atoms with E-state index in [0.717, 1.165) is 0 Å². The topological polar surface area (TPSA) is 26.0 Å². The fourth-order valence-electron chi connectivity index (χ4n) is 5.84. The number of hydrogen-bond donors (Lipinski definition) is 1. The Hall–Kier alpha value is -0.0400. The van der Waals surface area contributed by atoms with Gasteiger partial charge in [-0.3, -0.25) is 0 Å². The van der Waals surface area contributed by atoms with Gasteiger partial charge in [0.25, 0.3) is 0 Å². The lowest BCUT2D eigenvalue weighted by Crippen LogP contribution is -2.49. The summed E-state index contributed by atoms with van der Waals surface area (Å²) in [6.45, 7) is 6.94. The third-order valence-corrected chi connectivity index (χ3v) is 8.37. The fourth-order valence-corrected chi connectivity index (χ4v) is 5.84. The van der Waals surface area contributed by atoms with Gasteiger partial charge in [0.15, 0.2) is 0 Å². The first kappa shape index (κ1) is 29.0. The Morgan fingerprint density at radius 3 is 1.16 bits per heavy atom. The Balaban J connectivity index is 2.37. The fraction of sp³-hybridized carbons (Fsp3) is 1.00. The molecule has 0 amide bonds. The standard InChI is InChI=1S/C30H61N/c1-4-7-10-13-15-16-17-20-23-26-30(31,25-22-18-12-9-6-3)29(27-28-29)24-21-19-14-11-8-5-2/h4-28,31H2,1-3H3. The minimum atomic E-state index is 0.143. The van der Waals surface area contributed by atoms with Crippen molar-refractivity contribution in [1.82, 2.24) is 0 Å². The van der Waals surface area contributed by atoms with Gasteiger partial charge in [-0.2, -0.15) is 0 Å². The smallest absolute Gasteiger partial charge is 0.0211 e. The van der Waals surface area contributed by atoms with Crippen molar-refractivity contribution in [3.63, 3.8) is 0 Å². The summed E-state index contributed by atoms with van der Waals surface area (Å²) in [5, 5.41) is 0. The molecule has 1 saturated carbocycles. The van der Waals surface area contributed by atoms with Crippen LogP contribution in [0, 0.1) is 5.41 Å². The lowest BCUT2D eigenvalue weighted by atomic mass is 9.71. The van der Waals surface area contributed by atoms with Crippen molar-refractivity contribution in [2.75, 3.05) is 0 Å². The van der Waals surface area contributed by atoms with Gasteiger partial charge < -0.3 is 5.73 Å². The normalized spacial score (nSPS) is 17.0. The molecule has 0 aromatic rings. The molecule has 0 aliphatic heterocycles. The van der Waals surface area contributed by atoms with Crippen molar-refractivity contribution in [2.24, 2.45) is 11.1 Å². The highest BCUT2D eigenvalue weighted by Gasteiger charge is 2.55. The van der Waals surface area contributed by atoms with Crippen molar-refractivity contribution >= 4 is 0 Å². The van der Waals surface area contributed by atoms with E-state index < -0.39 is 0 Å². The first-order valence-corrected chi connectivity index (χ1v) is 14.9. The van der Waals surface area contributed by atoms with Crippen molar-refractivity contribution in [3.05, 3.63) is 0 Å². The second-order valence-electron chi connectivity index (χ2n) is 11.2. The molecule has 1 aliphatic carbocycles. The molecule has 186 valence electrons. The summed E-state index contributed by atoms with van der Waals surface area (Å²) in [7, 11) is 0. The van der Waals surface area contributed by atoms with Crippen LogP contribution < -0.4 is 5.73 Å². The molecule has 1 unspecified atom stereocenters. The molecule has 0 aromatic heterocycles. The van der Waals surface area contributed by atoms with Gasteiger partial charge in [-0.1, -0.05) is 149 Å².